The molecule has 0 fully saturated rings. The molecule has 0 rings (SSSR count). The number of halogens is 3. The highest BCUT2D eigenvalue weighted by atomic mass is 19.4. The summed E-state index contributed by atoms with van der Waals surface area (Å²) in [6.07, 6.45) is -4.42. The Kier molecular flexibility index (Phi) is 5.68. The highest BCUT2D eigenvalue weighted by molar-refractivity contribution is 5.76. The van der Waals surface area contributed by atoms with Crippen molar-refractivity contribution in [3.8, 4) is 6.07 Å². The van der Waals surface area contributed by atoms with Gasteiger partial charge in [-0.3, -0.25) is 4.79 Å². The van der Waals surface area contributed by atoms with Crippen LogP contribution >= 0.6 is 0 Å². The summed E-state index contributed by atoms with van der Waals surface area (Å²) in [4.78, 5) is 10.6. The van der Waals surface area contributed by atoms with E-state index < -0.39 is 18.5 Å². The molecule has 0 aromatic carbocycles. The van der Waals surface area contributed by atoms with Crippen LogP contribution in [0.3, 0.4) is 0 Å². The van der Waals surface area contributed by atoms with Gasteiger partial charge in [-0.25, -0.2) is 0 Å². The van der Waals surface area contributed by atoms with Crippen LogP contribution in [0.4, 0.5) is 13.2 Å². The van der Waals surface area contributed by atoms with Crippen LogP contribution in [-0.4, -0.2) is 18.6 Å². The number of hydrogen-bond donors (Lipinski definition) is 1. The van der Waals surface area contributed by atoms with Gasteiger partial charge in [-0.15, -0.1) is 0 Å². The maximum Gasteiger partial charge on any atom is 0.397 e. The number of hydrogen-bond acceptors (Lipinski definition) is 2. The first kappa shape index (κ1) is 12.8. The monoisotopic (exact) mass is 208 g/mol. The SMILES string of the molecule is N#CCCCCNC(=O)CC(F)(F)F. The van der Waals surface area contributed by atoms with Crippen molar-refractivity contribution in [3.05, 3.63) is 0 Å². The Morgan fingerprint density at radius 2 is 2.00 bits per heavy atom. The summed E-state index contributed by atoms with van der Waals surface area (Å²) in [5.74, 6) is -1.02. The second kappa shape index (κ2) is 6.24. The van der Waals surface area contributed by atoms with E-state index in [2.05, 4.69) is 5.32 Å². The molecule has 0 saturated carbocycles. The van der Waals surface area contributed by atoms with E-state index in [-0.39, 0.29) is 6.54 Å². The van der Waals surface area contributed by atoms with E-state index in [9.17, 15) is 18.0 Å². The standard InChI is InChI=1S/C8H11F3N2O/c9-8(10,11)6-7(14)13-5-3-1-2-4-12/h1-3,5-6H2,(H,13,14). The number of alkyl halides is 3. The van der Waals surface area contributed by atoms with Gasteiger partial charge in [-0.05, 0) is 12.8 Å². The number of carbonyl (C=O) groups is 1. The topological polar surface area (TPSA) is 52.9 Å². The van der Waals surface area contributed by atoms with Crippen LogP contribution in [0.2, 0.25) is 0 Å². The van der Waals surface area contributed by atoms with E-state index >= 15 is 0 Å². The summed E-state index contributed by atoms with van der Waals surface area (Å²) in [6, 6.07) is 1.90. The molecule has 3 nitrogen and oxygen atoms in total. The molecule has 0 radical (unpaired) electrons. The van der Waals surface area contributed by atoms with Crippen molar-refractivity contribution in [3.63, 3.8) is 0 Å². The van der Waals surface area contributed by atoms with E-state index in [4.69, 9.17) is 5.26 Å². The van der Waals surface area contributed by atoms with Gasteiger partial charge in [0.1, 0.15) is 6.42 Å². The Bertz CT molecular complexity index is 220. The quantitative estimate of drug-likeness (QED) is 0.700. The zero-order chi connectivity index (χ0) is 11.0. The fourth-order valence-electron chi connectivity index (χ4n) is 0.801. The van der Waals surface area contributed by atoms with Crippen molar-refractivity contribution >= 4 is 5.91 Å². The molecule has 0 aliphatic heterocycles. The molecule has 0 aliphatic carbocycles. The molecule has 0 bridgehead atoms. The van der Waals surface area contributed by atoms with Gasteiger partial charge in [0.25, 0.3) is 0 Å². The minimum atomic E-state index is -4.45. The molecule has 0 atom stereocenters. The van der Waals surface area contributed by atoms with Crippen LogP contribution in [0, 0.1) is 11.3 Å². The van der Waals surface area contributed by atoms with Crippen LogP contribution < -0.4 is 5.32 Å². The minimum absolute atomic E-state index is 0.191. The van der Waals surface area contributed by atoms with E-state index in [0.29, 0.717) is 19.3 Å². The van der Waals surface area contributed by atoms with Gasteiger partial charge >= 0.3 is 6.18 Å². The highest BCUT2D eigenvalue weighted by Gasteiger charge is 2.30. The van der Waals surface area contributed by atoms with Gasteiger partial charge in [0.05, 0.1) is 6.07 Å². The van der Waals surface area contributed by atoms with Crippen LogP contribution in [0.1, 0.15) is 25.7 Å². The predicted octanol–water partition coefficient (Wildman–Crippen LogP) is 1.75. The van der Waals surface area contributed by atoms with Gasteiger partial charge in [0, 0.05) is 13.0 Å². The lowest BCUT2D eigenvalue weighted by atomic mass is 10.2. The Morgan fingerprint density at radius 3 is 2.50 bits per heavy atom. The van der Waals surface area contributed by atoms with Gasteiger partial charge < -0.3 is 5.32 Å². The molecule has 0 unspecified atom stereocenters. The van der Waals surface area contributed by atoms with Crippen molar-refractivity contribution in [2.75, 3.05) is 6.54 Å². The highest BCUT2D eigenvalue weighted by Crippen LogP contribution is 2.18. The number of nitriles is 1. The molecule has 0 aromatic rings. The molecule has 6 heteroatoms. The van der Waals surface area contributed by atoms with E-state index in [1.165, 1.54) is 0 Å². The van der Waals surface area contributed by atoms with Gasteiger partial charge in [-0.1, -0.05) is 0 Å². The van der Waals surface area contributed by atoms with Crippen molar-refractivity contribution < 1.29 is 18.0 Å². The molecular weight excluding hydrogens is 197 g/mol. The Labute approximate surface area is 79.9 Å². The average Bonchev–Trinajstić information content (AvgIpc) is 2.00. The second-order valence-electron chi connectivity index (χ2n) is 2.76. The zero-order valence-electron chi connectivity index (χ0n) is 7.52. The molecular formula is C8H11F3N2O. The average molecular weight is 208 g/mol. The third kappa shape index (κ3) is 8.84. The largest absolute Gasteiger partial charge is 0.397 e. The van der Waals surface area contributed by atoms with Crippen molar-refractivity contribution in [1.29, 1.82) is 5.26 Å². The van der Waals surface area contributed by atoms with Gasteiger partial charge in [0.2, 0.25) is 5.91 Å². The lowest BCUT2D eigenvalue weighted by molar-refractivity contribution is -0.153. The third-order valence-corrected chi connectivity index (χ3v) is 1.40. The summed E-state index contributed by atoms with van der Waals surface area (Å²) in [5.41, 5.74) is 0. The summed E-state index contributed by atoms with van der Waals surface area (Å²) in [7, 11) is 0. The lowest BCUT2D eigenvalue weighted by Crippen LogP contribution is -2.29. The number of rotatable bonds is 5. The van der Waals surface area contributed by atoms with Crippen molar-refractivity contribution in [1.82, 2.24) is 5.32 Å². The smallest absolute Gasteiger partial charge is 0.356 e. The third-order valence-electron chi connectivity index (χ3n) is 1.40. The summed E-state index contributed by atoms with van der Waals surface area (Å²) in [6.45, 7) is 0.191. The number of nitrogens with zero attached hydrogens (tertiary/aromatic N) is 1. The number of amides is 1. The van der Waals surface area contributed by atoms with E-state index in [1.807, 2.05) is 6.07 Å². The van der Waals surface area contributed by atoms with Crippen LogP contribution in [0.15, 0.2) is 0 Å². The molecule has 0 heterocycles. The fraction of sp³-hybridized carbons (Fsp3) is 0.750. The molecule has 0 saturated heterocycles. The predicted molar refractivity (Wildman–Crippen MR) is 43.1 cm³/mol. The maximum absolute atomic E-state index is 11.6. The van der Waals surface area contributed by atoms with Gasteiger partial charge in [0.15, 0.2) is 0 Å². The Balaban J connectivity index is 3.42. The Hall–Kier alpha value is -1.25. The van der Waals surface area contributed by atoms with E-state index in [0.717, 1.165) is 0 Å². The van der Waals surface area contributed by atoms with Crippen molar-refractivity contribution in [2.24, 2.45) is 0 Å². The first-order valence-corrected chi connectivity index (χ1v) is 4.16. The maximum atomic E-state index is 11.6. The molecule has 0 spiro atoms. The molecule has 0 aliphatic rings. The van der Waals surface area contributed by atoms with Crippen LogP contribution in [-0.2, 0) is 4.79 Å². The number of carbonyl (C=O) groups excluding carboxylic acids is 1. The molecule has 1 amide bonds. The number of unbranched alkanes of at least 4 members (excludes halogenated alkanes) is 2. The fourth-order valence-corrected chi connectivity index (χ4v) is 0.801. The summed E-state index contributed by atoms with van der Waals surface area (Å²) in [5, 5.41) is 10.3. The molecule has 14 heavy (non-hydrogen) atoms. The zero-order valence-corrected chi connectivity index (χ0v) is 7.52. The summed E-state index contributed by atoms with van der Waals surface area (Å²) >= 11 is 0. The molecule has 1 N–H and O–H groups in total. The minimum Gasteiger partial charge on any atom is -0.356 e. The van der Waals surface area contributed by atoms with Crippen molar-refractivity contribution in [2.45, 2.75) is 31.9 Å². The van der Waals surface area contributed by atoms with E-state index in [1.54, 1.807) is 0 Å². The van der Waals surface area contributed by atoms with Crippen LogP contribution in [0.25, 0.3) is 0 Å². The first-order chi connectivity index (χ1) is 6.45. The van der Waals surface area contributed by atoms with Crippen LogP contribution in [0.5, 0.6) is 0 Å². The second-order valence-corrected chi connectivity index (χ2v) is 2.76. The first-order valence-electron chi connectivity index (χ1n) is 4.16. The molecule has 0 aromatic heterocycles. The summed E-state index contributed by atoms with van der Waals surface area (Å²) < 4.78 is 34.9. The normalized spacial score (nSPS) is 10.7. The molecule has 80 valence electrons. The number of nitrogens with one attached hydrogen (secondary N) is 1. The Morgan fingerprint density at radius 1 is 1.36 bits per heavy atom. The lowest BCUT2D eigenvalue weighted by Gasteiger charge is -2.06. The van der Waals surface area contributed by atoms with Gasteiger partial charge in [-0.2, -0.15) is 18.4 Å².